The molecule has 0 bridgehead atoms. The molecule has 2 aliphatic heterocycles. The third kappa shape index (κ3) is 2.64. The molecule has 2 atom stereocenters. The highest BCUT2D eigenvalue weighted by atomic mass is 16.5. The number of aryl methyl sites for hydroxylation is 1. The van der Waals surface area contributed by atoms with E-state index in [4.69, 9.17) is 4.74 Å². The van der Waals surface area contributed by atoms with Crippen molar-refractivity contribution in [1.82, 2.24) is 15.1 Å². The molecule has 2 unspecified atom stereocenters. The van der Waals surface area contributed by atoms with E-state index in [1.807, 2.05) is 18.5 Å². The number of aromatic nitrogens is 2. The Morgan fingerprint density at radius 3 is 3.00 bits per heavy atom. The lowest BCUT2D eigenvalue weighted by Crippen LogP contribution is -2.38. The molecule has 116 valence electrons. The number of piperidine rings is 1. The molecule has 21 heavy (non-hydrogen) atoms. The van der Waals surface area contributed by atoms with Crippen LogP contribution in [0.2, 0.25) is 0 Å². The molecule has 1 fully saturated rings. The summed E-state index contributed by atoms with van der Waals surface area (Å²) in [5, 5.41) is 11.5. The van der Waals surface area contributed by atoms with Crippen LogP contribution in [0.5, 0.6) is 0 Å². The van der Waals surface area contributed by atoms with E-state index in [0.717, 1.165) is 37.6 Å². The molecule has 3 heterocycles. The maximum Gasteiger partial charge on any atom is 0.343 e. The zero-order valence-corrected chi connectivity index (χ0v) is 12.8. The van der Waals surface area contributed by atoms with Crippen LogP contribution in [0.4, 0.5) is 5.82 Å². The maximum atomic E-state index is 12.2. The molecule has 0 spiro atoms. The Labute approximate surface area is 125 Å². The van der Waals surface area contributed by atoms with E-state index in [-0.39, 0.29) is 5.97 Å². The molecule has 0 aromatic carbocycles. The van der Waals surface area contributed by atoms with Gasteiger partial charge in [0, 0.05) is 6.54 Å². The zero-order valence-electron chi connectivity index (χ0n) is 12.8. The van der Waals surface area contributed by atoms with Gasteiger partial charge >= 0.3 is 5.97 Å². The van der Waals surface area contributed by atoms with Gasteiger partial charge in [0.1, 0.15) is 11.4 Å². The van der Waals surface area contributed by atoms with Crippen LogP contribution in [-0.2, 0) is 4.74 Å². The number of fused-ring (bicyclic) bond motifs is 1. The van der Waals surface area contributed by atoms with Crippen LogP contribution in [0.3, 0.4) is 0 Å². The molecule has 2 N–H and O–H groups in total. The Morgan fingerprint density at radius 2 is 2.29 bits per heavy atom. The first-order chi connectivity index (χ1) is 10.2. The van der Waals surface area contributed by atoms with Gasteiger partial charge in [-0.3, -0.25) is 0 Å². The second-order valence-corrected chi connectivity index (χ2v) is 5.86. The molecule has 1 saturated heterocycles. The molecule has 0 saturated carbocycles. The van der Waals surface area contributed by atoms with Crippen LogP contribution >= 0.6 is 0 Å². The number of ether oxygens (including phenoxy) is 1. The third-order valence-corrected chi connectivity index (χ3v) is 4.49. The van der Waals surface area contributed by atoms with E-state index in [0.29, 0.717) is 24.1 Å². The van der Waals surface area contributed by atoms with Crippen molar-refractivity contribution in [2.75, 3.05) is 31.6 Å². The minimum atomic E-state index is -0.272. The van der Waals surface area contributed by atoms with Crippen LogP contribution in [0.25, 0.3) is 0 Å². The van der Waals surface area contributed by atoms with E-state index in [9.17, 15) is 4.79 Å². The average Bonchev–Trinajstić information content (AvgIpc) is 2.84. The van der Waals surface area contributed by atoms with Crippen molar-refractivity contribution in [3.8, 4) is 0 Å². The normalized spacial score (nSPS) is 25.0. The summed E-state index contributed by atoms with van der Waals surface area (Å²) in [5.74, 6) is 1.16. The number of nitrogens with zero attached hydrogens (tertiary/aromatic N) is 2. The molecule has 1 aromatic rings. The number of anilines is 1. The number of hydrogen-bond acceptors (Lipinski definition) is 5. The number of carbonyl (C=O) groups is 1. The maximum absolute atomic E-state index is 12.2. The van der Waals surface area contributed by atoms with Gasteiger partial charge in [-0.25, -0.2) is 9.48 Å². The van der Waals surface area contributed by atoms with Crippen molar-refractivity contribution in [1.29, 1.82) is 0 Å². The summed E-state index contributed by atoms with van der Waals surface area (Å²) in [6, 6.07) is 0.371. The highest BCUT2D eigenvalue weighted by molar-refractivity contribution is 5.96. The standard InChI is InChI=1S/C15H24N4O2/c1-3-21-15(20)13-10(2)18-19-12(6-8-17-14(13)19)11-5-4-7-16-9-11/h11-12,16-17H,3-9H2,1-2H3. The van der Waals surface area contributed by atoms with Crippen LogP contribution < -0.4 is 10.6 Å². The summed E-state index contributed by atoms with van der Waals surface area (Å²) in [6.07, 6.45) is 3.50. The molecule has 3 rings (SSSR count). The summed E-state index contributed by atoms with van der Waals surface area (Å²) in [7, 11) is 0. The van der Waals surface area contributed by atoms with E-state index in [1.54, 1.807) is 0 Å². The number of nitrogens with one attached hydrogen (secondary N) is 2. The number of hydrogen-bond donors (Lipinski definition) is 2. The molecule has 1 aromatic heterocycles. The van der Waals surface area contributed by atoms with Crippen LogP contribution in [0, 0.1) is 12.8 Å². The summed E-state index contributed by atoms with van der Waals surface area (Å²) in [5.41, 5.74) is 1.36. The Kier molecular flexibility index (Phi) is 4.14. The lowest BCUT2D eigenvalue weighted by Gasteiger charge is -2.34. The summed E-state index contributed by atoms with van der Waals surface area (Å²) in [6.45, 7) is 7.14. The molecule has 0 radical (unpaired) electrons. The fourth-order valence-electron chi connectivity index (χ4n) is 3.51. The van der Waals surface area contributed by atoms with Crippen molar-refractivity contribution >= 4 is 11.8 Å². The fourth-order valence-corrected chi connectivity index (χ4v) is 3.51. The quantitative estimate of drug-likeness (QED) is 0.830. The lowest BCUT2D eigenvalue weighted by molar-refractivity contribution is 0.0526. The van der Waals surface area contributed by atoms with Crippen molar-refractivity contribution in [3.05, 3.63) is 11.3 Å². The van der Waals surface area contributed by atoms with Crippen molar-refractivity contribution in [2.24, 2.45) is 5.92 Å². The van der Waals surface area contributed by atoms with E-state index in [2.05, 4.69) is 15.7 Å². The smallest absolute Gasteiger partial charge is 0.343 e. The third-order valence-electron chi connectivity index (χ3n) is 4.49. The SMILES string of the molecule is CCOC(=O)c1c(C)nn2c1NCCC2C1CCCNC1. The van der Waals surface area contributed by atoms with E-state index >= 15 is 0 Å². The van der Waals surface area contributed by atoms with Crippen LogP contribution in [-0.4, -0.2) is 42.0 Å². The molecule has 2 aliphatic rings. The van der Waals surface area contributed by atoms with Gasteiger partial charge < -0.3 is 15.4 Å². The molecule has 6 heteroatoms. The molecular weight excluding hydrogens is 268 g/mol. The fraction of sp³-hybridized carbons (Fsp3) is 0.733. The average molecular weight is 292 g/mol. The monoisotopic (exact) mass is 292 g/mol. The summed E-state index contributed by atoms with van der Waals surface area (Å²) < 4.78 is 7.20. The first-order valence-corrected chi connectivity index (χ1v) is 7.93. The van der Waals surface area contributed by atoms with Gasteiger partial charge in [0.25, 0.3) is 0 Å². The summed E-state index contributed by atoms with van der Waals surface area (Å²) in [4.78, 5) is 12.2. The molecule has 6 nitrogen and oxygen atoms in total. The Morgan fingerprint density at radius 1 is 1.43 bits per heavy atom. The van der Waals surface area contributed by atoms with Gasteiger partial charge in [-0.15, -0.1) is 0 Å². The van der Waals surface area contributed by atoms with Crippen LogP contribution in [0.1, 0.15) is 48.3 Å². The molecular formula is C15H24N4O2. The predicted molar refractivity (Wildman–Crippen MR) is 80.7 cm³/mol. The molecule has 0 aliphatic carbocycles. The van der Waals surface area contributed by atoms with E-state index in [1.165, 1.54) is 12.8 Å². The molecule has 0 amide bonds. The Bertz CT molecular complexity index is 520. The highest BCUT2D eigenvalue weighted by Crippen LogP contribution is 2.35. The topological polar surface area (TPSA) is 68.2 Å². The van der Waals surface area contributed by atoms with Crippen molar-refractivity contribution in [2.45, 2.75) is 39.2 Å². The highest BCUT2D eigenvalue weighted by Gasteiger charge is 2.33. The van der Waals surface area contributed by atoms with Gasteiger partial charge in [-0.1, -0.05) is 0 Å². The van der Waals surface area contributed by atoms with Crippen molar-refractivity contribution in [3.63, 3.8) is 0 Å². The Balaban J connectivity index is 1.91. The predicted octanol–water partition coefficient (Wildman–Crippen LogP) is 1.72. The lowest BCUT2D eigenvalue weighted by atomic mass is 9.89. The Hall–Kier alpha value is -1.56. The van der Waals surface area contributed by atoms with Gasteiger partial charge in [0.2, 0.25) is 0 Å². The van der Waals surface area contributed by atoms with Gasteiger partial charge in [-0.05, 0) is 52.1 Å². The van der Waals surface area contributed by atoms with Gasteiger partial charge in [-0.2, -0.15) is 5.10 Å². The number of esters is 1. The minimum absolute atomic E-state index is 0.272. The second kappa shape index (κ2) is 6.05. The zero-order chi connectivity index (χ0) is 14.8. The largest absolute Gasteiger partial charge is 0.462 e. The van der Waals surface area contributed by atoms with Gasteiger partial charge in [0.05, 0.1) is 18.3 Å². The second-order valence-electron chi connectivity index (χ2n) is 5.86. The summed E-state index contributed by atoms with van der Waals surface area (Å²) >= 11 is 0. The van der Waals surface area contributed by atoms with Crippen LogP contribution in [0.15, 0.2) is 0 Å². The first kappa shape index (κ1) is 14.4. The minimum Gasteiger partial charge on any atom is -0.462 e. The van der Waals surface area contributed by atoms with Crippen molar-refractivity contribution < 1.29 is 9.53 Å². The van der Waals surface area contributed by atoms with E-state index < -0.39 is 0 Å². The first-order valence-electron chi connectivity index (χ1n) is 7.93. The number of rotatable bonds is 3. The van der Waals surface area contributed by atoms with Gasteiger partial charge in [0.15, 0.2) is 0 Å². The number of carbonyl (C=O) groups excluding carboxylic acids is 1.